The summed E-state index contributed by atoms with van der Waals surface area (Å²) in [7, 11) is -3.63. The Bertz CT molecular complexity index is 1160. The molecule has 0 fully saturated rings. The average Bonchev–Trinajstić information content (AvgIpc) is 2.80. The number of rotatable bonds is 12. The molecule has 2 aromatic carbocycles. The summed E-state index contributed by atoms with van der Waals surface area (Å²) in [6.45, 7) is 9.85. The number of amides is 2. The molecule has 0 aliphatic carbocycles. The van der Waals surface area contributed by atoms with E-state index in [2.05, 4.69) is 5.32 Å². The van der Waals surface area contributed by atoms with Crippen molar-refractivity contribution in [1.29, 1.82) is 0 Å². The van der Waals surface area contributed by atoms with E-state index in [1.165, 1.54) is 9.21 Å². The lowest BCUT2D eigenvalue weighted by Crippen LogP contribution is -2.52. The van der Waals surface area contributed by atoms with E-state index < -0.39 is 21.6 Å². The van der Waals surface area contributed by atoms with E-state index in [9.17, 15) is 18.0 Å². The van der Waals surface area contributed by atoms with Crippen LogP contribution in [0.3, 0.4) is 0 Å². The Morgan fingerprint density at radius 1 is 1.08 bits per heavy atom. The van der Waals surface area contributed by atoms with Crippen molar-refractivity contribution in [3.8, 4) is 5.75 Å². The zero-order valence-corrected chi connectivity index (χ0v) is 24.0. The summed E-state index contributed by atoms with van der Waals surface area (Å²) >= 11 is 6.01. The Morgan fingerprint density at radius 3 is 2.27 bits per heavy atom. The summed E-state index contributed by atoms with van der Waals surface area (Å²) in [5.41, 5.74) is 0.802. The van der Waals surface area contributed by atoms with E-state index in [-0.39, 0.29) is 37.7 Å². The summed E-state index contributed by atoms with van der Waals surface area (Å²) in [6, 6.07) is 13.3. The summed E-state index contributed by atoms with van der Waals surface area (Å²) in [5.74, 6) is -0.0603. The third kappa shape index (κ3) is 9.55. The van der Waals surface area contributed by atoms with Crippen LogP contribution in [0.1, 0.15) is 53.0 Å². The molecule has 1 N–H and O–H groups in total. The van der Waals surface area contributed by atoms with Crippen molar-refractivity contribution in [2.75, 3.05) is 23.7 Å². The van der Waals surface area contributed by atoms with Crippen molar-refractivity contribution >= 4 is 39.1 Å². The first-order valence-corrected chi connectivity index (χ1v) is 14.5. The lowest BCUT2D eigenvalue weighted by Gasteiger charge is -2.32. The van der Waals surface area contributed by atoms with E-state index in [0.29, 0.717) is 23.1 Å². The van der Waals surface area contributed by atoms with Crippen molar-refractivity contribution in [2.45, 2.75) is 65.6 Å². The molecule has 1 atom stereocenters. The molecule has 0 bridgehead atoms. The van der Waals surface area contributed by atoms with Crippen LogP contribution in [0.25, 0.3) is 0 Å². The number of carbonyl (C=O) groups is 2. The predicted octanol–water partition coefficient (Wildman–Crippen LogP) is 4.62. The number of hydrogen-bond acceptors (Lipinski definition) is 5. The third-order valence-corrected chi connectivity index (χ3v) is 6.95. The molecular formula is C27H38ClN3O5S. The maximum atomic E-state index is 13.4. The number of carbonyl (C=O) groups excluding carboxylic acids is 2. The molecule has 2 rings (SSSR count). The summed E-state index contributed by atoms with van der Waals surface area (Å²) < 4.78 is 32.1. The van der Waals surface area contributed by atoms with Gasteiger partial charge in [0, 0.05) is 30.1 Å². The van der Waals surface area contributed by atoms with Gasteiger partial charge in [-0.05, 0) is 70.9 Å². The summed E-state index contributed by atoms with van der Waals surface area (Å²) in [4.78, 5) is 27.8. The number of ether oxygens (including phenoxy) is 1. The molecule has 0 saturated heterocycles. The molecule has 8 nitrogen and oxygen atoms in total. The van der Waals surface area contributed by atoms with Crippen LogP contribution in [0.2, 0.25) is 5.02 Å². The van der Waals surface area contributed by atoms with Crippen LogP contribution >= 0.6 is 11.6 Å². The fourth-order valence-electron chi connectivity index (χ4n) is 3.77. The molecule has 0 heterocycles. The maximum absolute atomic E-state index is 13.4. The van der Waals surface area contributed by atoms with Crippen molar-refractivity contribution in [2.24, 2.45) is 0 Å². The van der Waals surface area contributed by atoms with Crippen LogP contribution in [-0.4, -0.2) is 56.1 Å². The monoisotopic (exact) mass is 551 g/mol. The van der Waals surface area contributed by atoms with E-state index in [4.69, 9.17) is 16.3 Å². The highest BCUT2D eigenvalue weighted by Gasteiger charge is 2.29. The molecule has 204 valence electrons. The second kappa shape index (κ2) is 13.1. The molecular weight excluding hydrogens is 514 g/mol. The molecule has 0 aliphatic heterocycles. The van der Waals surface area contributed by atoms with Crippen LogP contribution in [-0.2, 0) is 26.2 Å². The van der Waals surface area contributed by atoms with Gasteiger partial charge in [0.05, 0.1) is 18.6 Å². The molecule has 0 radical (unpaired) electrons. The molecule has 2 aromatic rings. The fourth-order valence-corrected chi connectivity index (χ4v) is 4.86. The smallest absolute Gasteiger partial charge is 0.242 e. The molecule has 0 spiro atoms. The Labute approximate surface area is 226 Å². The van der Waals surface area contributed by atoms with E-state index >= 15 is 0 Å². The number of benzene rings is 2. The highest BCUT2D eigenvalue weighted by Crippen LogP contribution is 2.30. The minimum absolute atomic E-state index is 0.0591. The van der Waals surface area contributed by atoms with Crippen LogP contribution in [0.4, 0.5) is 5.69 Å². The number of nitrogens with zero attached hydrogens (tertiary/aromatic N) is 2. The van der Waals surface area contributed by atoms with Gasteiger partial charge in [0.2, 0.25) is 21.8 Å². The Morgan fingerprint density at radius 2 is 1.70 bits per heavy atom. The van der Waals surface area contributed by atoms with Crippen LogP contribution in [0.5, 0.6) is 5.75 Å². The second-order valence-corrected chi connectivity index (χ2v) is 12.2. The van der Waals surface area contributed by atoms with Gasteiger partial charge in [-0.3, -0.25) is 13.9 Å². The number of halogens is 1. The van der Waals surface area contributed by atoms with Gasteiger partial charge in [-0.15, -0.1) is 0 Å². The van der Waals surface area contributed by atoms with E-state index in [1.807, 2.05) is 39.8 Å². The molecule has 0 aromatic heterocycles. The zero-order valence-electron chi connectivity index (χ0n) is 22.5. The van der Waals surface area contributed by atoms with Crippen molar-refractivity contribution in [3.05, 3.63) is 59.1 Å². The topological polar surface area (TPSA) is 96.0 Å². The Kier molecular flexibility index (Phi) is 10.8. The van der Waals surface area contributed by atoms with E-state index in [0.717, 1.165) is 11.8 Å². The highest BCUT2D eigenvalue weighted by molar-refractivity contribution is 7.92. The summed E-state index contributed by atoms with van der Waals surface area (Å²) in [6.07, 6.45) is 1.45. The minimum atomic E-state index is -3.63. The first kappa shape index (κ1) is 30.4. The molecule has 37 heavy (non-hydrogen) atoms. The van der Waals surface area contributed by atoms with Crippen LogP contribution < -0.4 is 14.4 Å². The van der Waals surface area contributed by atoms with Crippen molar-refractivity contribution in [3.63, 3.8) is 0 Å². The van der Waals surface area contributed by atoms with Gasteiger partial charge < -0.3 is 15.0 Å². The first-order chi connectivity index (χ1) is 17.2. The fraction of sp³-hybridized carbons (Fsp3) is 0.481. The third-order valence-electron chi connectivity index (χ3n) is 5.52. The number of nitrogens with one attached hydrogen (secondary N) is 1. The van der Waals surface area contributed by atoms with Crippen molar-refractivity contribution in [1.82, 2.24) is 10.2 Å². The minimum Gasteiger partial charge on any atom is -0.492 e. The van der Waals surface area contributed by atoms with Gasteiger partial charge in [0.15, 0.2) is 0 Å². The molecule has 10 heteroatoms. The number of para-hydroxylation sites is 2. The van der Waals surface area contributed by atoms with Crippen LogP contribution in [0.15, 0.2) is 48.5 Å². The lowest BCUT2D eigenvalue weighted by molar-refractivity contribution is -0.141. The molecule has 2 amide bonds. The predicted molar refractivity (Wildman–Crippen MR) is 148 cm³/mol. The summed E-state index contributed by atoms with van der Waals surface area (Å²) in [5, 5.41) is 3.50. The number of sulfonamides is 1. The molecule has 0 saturated carbocycles. The lowest BCUT2D eigenvalue weighted by atomic mass is 10.1. The quantitative estimate of drug-likeness (QED) is 0.415. The second-order valence-electron chi connectivity index (χ2n) is 9.90. The normalized spacial score (nSPS) is 12.5. The number of anilines is 1. The van der Waals surface area contributed by atoms with Crippen molar-refractivity contribution < 1.29 is 22.7 Å². The van der Waals surface area contributed by atoms with Gasteiger partial charge in [-0.2, -0.15) is 0 Å². The zero-order chi connectivity index (χ0) is 27.8. The maximum Gasteiger partial charge on any atom is 0.242 e. The van der Waals surface area contributed by atoms with Gasteiger partial charge in [0.25, 0.3) is 0 Å². The molecule has 1 unspecified atom stereocenters. The van der Waals surface area contributed by atoms with Gasteiger partial charge >= 0.3 is 0 Å². The molecule has 0 aliphatic rings. The SMILES string of the molecule is CCOc1ccccc1N(CCCC(=O)N(Cc1ccc(Cl)cc1)C(C)C(=O)NC(C)(C)C)S(C)(=O)=O. The standard InChI is InChI=1S/C27H38ClN3O5S/c1-7-36-24-12-9-8-11-23(24)31(37(6,34)35)18-10-13-25(32)30(19-21-14-16-22(28)17-15-21)20(2)26(33)29-27(3,4)5/h8-9,11-12,14-17,20H,7,10,13,18-19H2,1-6H3,(H,29,33). The van der Waals surface area contributed by atoms with Crippen LogP contribution in [0, 0.1) is 0 Å². The Hall–Kier alpha value is -2.78. The van der Waals surface area contributed by atoms with Gasteiger partial charge in [0.1, 0.15) is 11.8 Å². The van der Waals surface area contributed by atoms with Gasteiger partial charge in [-0.25, -0.2) is 8.42 Å². The van der Waals surface area contributed by atoms with E-state index in [1.54, 1.807) is 43.3 Å². The first-order valence-electron chi connectivity index (χ1n) is 12.3. The van der Waals surface area contributed by atoms with Gasteiger partial charge in [-0.1, -0.05) is 35.9 Å². The Balaban J connectivity index is 2.22. The largest absolute Gasteiger partial charge is 0.492 e. The highest BCUT2D eigenvalue weighted by atomic mass is 35.5. The number of hydrogen-bond donors (Lipinski definition) is 1. The average molecular weight is 552 g/mol.